The van der Waals surface area contributed by atoms with Crippen LogP contribution in [0.3, 0.4) is 0 Å². The summed E-state index contributed by atoms with van der Waals surface area (Å²) in [5.41, 5.74) is -0.286. The average molecular weight is 379 g/mol. The molecule has 1 aliphatic heterocycles. The highest BCUT2D eigenvalue weighted by atomic mass is 16.2. The second kappa shape index (κ2) is 8.32. The molecule has 2 fully saturated rings. The molecule has 0 aromatic carbocycles. The van der Waals surface area contributed by atoms with Gasteiger partial charge in [0.25, 0.3) is 0 Å². The molecule has 1 N–H and O–H groups in total. The van der Waals surface area contributed by atoms with Crippen molar-refractivity contribution >= 4 is 17.7 Å². The third-order valence-corrected chi connectivity index (χ3v) is 6.96. The van der Waals surface area contributed by atoms with Gasteiger partial charge in [0.2, 0.25) is 17.7 Å². The first kappa shape index (κ1) is 21.9. The number of likely N-dealkylation sites (tertiary alicyclic amines) is 1. The maximum Gasteiger partial charge on any atom is 0.235 e. The molecule has 1 aliphatic carbocycles. The van der Waals surface area contributed by atoms with Crippen molar-refractivity contribution in [3.63, 3.8) is 0 Å². The monoisotopic (exact) mass is 378 g/mol. The van der Waals surface area contributed by atoms with Crippen LogP contribution in [-0.2, 0) is 14.4 Å². The number of carbonyl (C=O) groups excluding carboxylic acids is 3. The zero-order valence-electron chi connectivity index (χ0n) is 18.1. The summed E-state index contributed by atoms with van der Waals surface area (Å²) in [5, 5.41) is 3.05. The predicted molar refractivity (Wildman–Crippen MR) is 107 cm³/mol. The van der Waals surface area contributed by atoms with Crippen LogP contribution in [0, 0.1) is 28.6 Å². The summed E-state index contributed by atoms with van der Waals surface area (Å²) in [7, 11) is 0. The molecule has 1 saturated carbocycles. The molecule has 1 heterocycles. The number of nitrogens with one attached hydrogen (secondary N) is 1. The van der Waals surface area contributed by atoms with Crippen LogP contribution in [0.1, 0.15) is 80.1 Å². The average Bonchev–Trinajstić information content (AvgIpc) is 3.14. The first-order valence-corrected chi connectivity index (χ1v) is 10.6. The molecule has 2 rings (SSSR count). The fourth-order valence-electron chi connectivity index (χ4n) is 4.34. The number of rotatable bonds is 7. The second-order valence-corrected chi connectivity index (χ2v) is 10.2. The van der Waals surface area contributed by atoms with E-state index in [1.54, 1.807) is 0 Å². The molecular formula is C22H38N2O3. The van der Waals surface area contributed by atoms with Gasteiger partial charge >= 0.3 is 0 Å². The molecule has 3 amide bonds. The summed E-state index contributed by atoms with van der Waals surface area (Å²) >= 11 is 0. The molecule has 3 atom stereocenters. The van der Waals surface area contributed by atoms with E-state index in [0.717, 1.165) is 32.1 Å². The smallest absolute Gasteiger partial charge is 0.235 e. The molecule has 27 heavy (non-hydrogen) atoms. The highest BCUT2D eigenvalue weighted by molar-refractivity contribution is 6.05. The summed E-state index contributed by atoms with van der Waals surface area (Å²) in [6.45, 7) is 13.7. The molecule has 0 aromatic rings. The topological polar surface area (TPSA) is 66.5 Å². The van der Waals surface area contributed by atoms with E-state index in [9.17, 15) is 14.4 Å². The molecule has 0 aromatic heterocycles. The summed E-state index contributed by atoms with van der Waals surface area (Å²) in [6.07, 6.45) is 4.95. The summed E-state index contributed by atoms with van der Waals surface area (Å²) in [5.74, 6) is 0.993. The van der Waals surface area contributed by atoms with E-state index in [0.29, 0.717) is 25.4 Å². The summed E-state index contributed by atoms with van der Waals surface area (Å²) < 4.78 is 0. The third-order valence-electron chi connectivity index (χ3n) is 6.96. The molecule has 1 saturated heterocycles. The van der Waals surface area contributed by atoms with Crippen LogP contribution in [0.5, 0.6) is 0 Å². The van der Waals surface area contributed by atoms with Crippen molar-refractivity contribution in [2.75, 3.05) is 13.1 Å². The fraction of sp³-hybridized carbons (Fsp3) is 0.864. The minimum absolute atomic E-state index is 0.0364. The maximum absolute atomic E-state index is 12.6. The number of hydrogen-bond acceptors (Lipinski definition) is 3. The molecule has 0 spiro atoms. The molecule has 5 heteroatoms. The van der Waals surface area contributed by atoms with Gasteiger partial charge in [-0.2, -0.15) is 0 Å². The Morgan fingerprint density at radius 2 is 1.89 bits per heavy atom. The van der Waals surface area contributed by atoms with E-state index < -0.39 is 5.41 Å². The zero-order chi connectivity index (χ0) is 20.4. The first-order chi connectivity index (χ1) is 12.5. The standard InChI is InChI=1S/C22H38N2O3/c1-15(2)22(6)14-18(25)24(20(22)27)12-8-7-11-23-19(26)16-9-10-17(13-16)21(3,4)5/h15-17H,7-14H2,1-6H3,(H,23,26). The Labute approximate surface area is 164 Å². The van der Waals surface area contributed by atoms with Crippen molar-refractivity contribution < 1.29 is 14.4 Å². The van der Waals surface area contributed by atoms with E-state index in [2.05, 4.69) is 26.1 Å². The fourth-order valence-corrected chi connectivity index (χ4v) is 4.34. The van der Waals surface area contributed by atoms with E-state index in [1.807, 2.05) is 20.8 Å². The Hall–Kier alpha value is -1.39. The lowest BCUT2D eigenvalue weighted by atomic mass is 9.78. The Morgan fingerprint density at radius 3 is 2.41 bits per heavy atom. The predicted octanol–water partition coefficient (Wildman–Crippen LogP) is 3.77. The van der Waals surface area contributed by atoms with Crippen LogP contribution in [0.25, 0.3) is 0 Å². The zero-order valence-corrected chi connectivity index (χ0v) is 18.1. The number of amides is 3. The van der Waals surface area contributed by atoms with Gasteiger partial charge in [0.05, 0.1) is 5.41 Å². The lowest BCUT2D eigenvalue weighted by Crippen LogP contribution is -2.37. The minimum atomic E-state index is -0.558. The van der Waals surface area contributed by atoms with Crippen LogP contribution < -0.4 is 5.32 Å². The number of hydrogen-bond donors (Lipinski definition) is 1. The Bertz CT molecular complexity index is 579. The Kier molecular flexibility index (Phi) is 6.75. The van der Waals surface area contributed by atoms with Gasteiger partial charge in [0, 0.05) is 25.4 Å². The van der Waals surface area contributed by atoms with Crippen molar-refractivity contribution in [1.29, 1.82) is 0 Å². The van der Waals surface area contributed by atoms with Crippen LogP contribution in [0.15, 0.2) is 0 Å². The molecule has 0 bridgehead atoms. The lowest BCUT2D eigenvalue weighted by Gasteiger charge is -2.26. The van der Waals surface area contributed by atoms with Crippen LogP contribution in [-0.4, -0.2) is 35.7 Å². The largest absolute Gasteiger partial charge is 0.356 e. The second-order valence-electron chi connectivity index (χ2n) is 10.2. The molecule has 0 radical (unpaired) electrons. The molecule has 154 valence electrons. The van der Waals surface area contributed by atoms with E-state index in [1.165, 1.54) is 4.90 Å². The number of unbranched alkanes of at least 4 members (excludes halogenated alkanes) is 1. The van der Waals surface area contributed by atoms with Gasteiger partial charge in [-0.25, -0.2) is 0 Å². The van der Waals surface area contributed by atoms with E-state index >= 15 is 0 Å². The maximum atomic E-state index is 12.6. The van der Waals surface area contributed by atoms with Gasteiger partial charge in [0.1, 0.15) is 0 Å². The van der Waals surface area contributed by atoms with Gasteiger partial charge in [-0.1, -0.05) is 34.6 Å². The van der Waals surface area contributed by atoms with Crippen molar-refractivity contribution in [3.8, 4) is 0 Å². The summed E-state index contributed by atoms with van der Waals surface area (Å²) in [4.78, 5) is 38.6. The van der Waals surface area contributed by atoms with E-state index in [-0.39, 0.29) is 35.0 Å². The van der Waals surface area contributed by atoms with Gasteiger partial charge in [-0.15, -0.1) is 0 Å². The molecule has 3 unspecified atom stereocenters. The first-order valence-electron chi connectivity index (χ1n) is 10.6. The number of carbonyl (C=O) groups is 3. The van der Waals surface area contributed by atoms with Crippen LogP contribution in [0.2, 0.25) is 0 Å². The molecule has 5 nitrogen and oxygen atoms in total. The summed E-state index contributed by atoms with van der Waals surface area (Å²) in [6, 6.07) is 0. The van der Waals surface area contributed by atoms with Crippen LogP contribution in [0.4, 0.5) is 0 Å². The van der Waals surface area contributed by atoms with E-state index in [4.69, 9.17) is 0 Å². The van der Waals surface area contributed by atoms with Gasteiger partial charge in [0.15, 0.2) is 0 Å². The van der Waals surface area contributed by atoms with Crippen molar-refractivity contribution in [2.24, 2.45) is 28.6 Å². The Morgan fingerprint density at radius 1 is 1.22 bits per heavy atom. The Balaban J connectivity index is 1.69. The molecular weight excluding hydrogens is 340 g/mol. The van der Waals surface area contributed by atoms with Crippen molar-refractivity contribution in [1.82, 2.24) is 10.2 Å². The van der Waals surface area contributed by atoms with Gasteiger partial charge in [-0.3, -0.25) is 19.3 Å². The normalized spacial score (nSPS) is 29.1. The van der Waals surface area contributed by atoms with Crippen molar-refractivity contribution in [3.05, 3.63) is 0 Å². The molecule has 2 aliphatic rings. The lowest BCUT2D eigenvalue weighted by molar-refractivity contribution is -0.142. The highest BCUT2D eigenvalue weighted by Gasteiger charge is 2.49. The van der Waals surface area contributed by atoms with Crippen LogP contribution >= 0.6 is 0 Å². The van der Waals surface area contributed by atoms with Gasteiger partial charge in [-0.05, 0) is 56.3 Å². The minimum Gasteiger partial charge on any atom is -0.356 e. The SMILES string of the molecule is CC(C)C1(C)CC(=O)N(CCCCNC(=O)C2CCC(C(C)(C)C)C2)C1=O. The number of imide groups is 1. The van der Waals surface area contributed by atoms with Gasteiger partial charge < -0.3 is 5.32 Å². The quantitative estimate of drug-likeness (QED) is 0.542. The van der Waals surface area contributed by atoms with Crippen molar-refractivity contribution in [2.45, 2.75) is 80.1 Å². The highest BCUT2D eigenvalue weighted by Crippen LogP contribution is 2.42. The number of nitrogens with zero attached hydrogens (tertiary/aromatic N) is 1. The third kappa shape index (κ3) is 4.91.